The number of benzene rings is 2. The largest absolute Gasteiger partial charge is 0.496 e. The van der Waals surface area contributed by atoms with E-state index in [9.17, 15) is 9.18 Å². The third kappa shape index (κ3) is 3.94. The van der Waals surface area contributed by atoms with Crippen molar-refractivity contribution < 1.29 is 9.13 Å². The molecule has 0 atom stereocenters. The summed E-state index contributed by atoms with van der Waals surface area (Å²) in [4.78, 5) is 25.3. The summed E-state index contributed by atoms with van der Waals surface area (Å²) in [6.45, 7) is 0.826. The van der Waals surface area contributed by atoms with Gasteiger partial charge in [0.05, 0.1) is 18.8 Å². The minimum atomic E-state index is -0.461. The molecule has 2 heterocycles. The first-order valence-corrected chi connectivity index (χ1v) is 9.09. The number of hydrogen-bond acceptors (Lipinski definition) is 5. The lowest BCUT2D eigenvalue weighted by molar-refractivity contribution is 0.409. The molecule has 29 heavy (non-hydrogen) atoms. The van der Waals surface area contributed by atoms with Gasteiger partial charge in [-0.05, 0) is 17.7 Å². The summed E-state index contributed by atoms with van der Waals surface area (Å²) in [6, 6.07) is 13.9. The average Bonchev–Trinajstić information content (AvgIpc) is 2.75. The second kappa shape index (κ2) is 8.10. The Bertz CT molecular complexity index is 1190. The summed E-state index contributed by atoms with van der Waals surface area (Å²) < 4.78 is 19.7. The van der Waals surface area contributed by atoms with Gasteiger partial charge in [0.15, 0.2) is 0 Å². The van der Waals surface area contributed by atoms with Gasteiger partial charge in [0.2, 0.25) is 5.56 Å². The van der Waals surface area contributed by atoms with E-state index >= 15 is 0 Å². The fourth-order valence-corrected chi connectivity index (χ4v) is 3.36. The Labute approximate surface area is 166 Å². The lowest BCUT2D eigenvalue weighted by atomic mass is 10.1. The van der Waals surface area contributed by atoms with E-state index in [1.165, 1.54) is 12.1 Å². The molecule has 0 saturated carbocycles. The minimum absolute atomic E-state index is 0.200. The standard InChI is InChI=1S/C22H19FN4O2/c1-29-19-8-3-2-5-15(19)13-27(20-12-24-9-10-25-20)14-16-11-21(28)26-22-17(16)6-4-7-18(22)23/h2-12H,13-14H2,1H3,(H,26,28). The maximum absolute atomic E-state index is 14.2. The second-order valence-corrected chi connectivity index (χ2v) is 6.55. The molecule has 6 nitrogen and oxygen atoms in total. The zero-order valence-corrected chi connectivity index (χ0v) is 15.8. The van der Waals surface area contributed by atoms with E-state index in [4.69, 9.17) is 4.74 Å². The lowest BCUT2D eigenvalue weighted by Crippen LogP contribution is -2.24. The van der Waals surface area contributed by atoms with Gasteiger partial charge in [-0.3, -0.25) is 9.78 Å². The minimum Gasteiger partial charge on any atom is -0.496 e. The first kappa shape index (κ1) is 18.6. The monoisotopic (exact) mass is 390 g/mol. The van der Waals surface area contributed by atoms with Gasteiger partial charge in [-0.2, -0.15) is 0 Å². The molecule has 7 heteroatoms. The molecular weight excluding hydrogens is 371 g/mol. The van der Waals surface area contributed by atoms with Gasteiger partial charge in [0.1, 0.15) is 17.4 Å². The van der Waals surface area contributed by atoms with E-state index in [-0.39, 0.29) is 11.1 Å². The van der Waals surface area contributed by atoms with Crippen LogP contribution in [0.5, 0.6) is 5.75 Å². The van der Waals surface area contributed by atoms with Crippen LogP contribution in [0.1, 0.15) is 11.1 Å². The zero-order valence-electron chi connectivity index (χ0n) is 15.8. The van der Waals surface area contributed by atoms with Crippen LogP contribution in [-0.4, -0.2) is 22.1 Å². The first-order valence-electron chi connectivity index (χ1n) is 9.09. The van der Waals surface area contributed by atoms with E-state index in [0.717, 1.165) is 11.3 Å². The summed E-state index contributed by atoms with van der Waals surface area (Å²) in [7, 11) is 1.62. The third-order valence-electron chi connectivity index (χ3n) is 4.70. The number of ether oxygens (including phenoxy) is 1. The lowest BCUT2D eigenvalue weighted by Gasteiger charge is -2.25. The Hall–Kier alpha value is -3.74. The number of rotatable bonds is 6. The van der Waals surface area contributed by atoms with Gasteiger partial charge in [-0.1, -0.05) is 30.3 Å². The number of para-hydroxylation sites is 2. The van der Waals surface area contributed by atoms with Crippen molar-refractivity contribution >= 4 is 16.7 Å². The van der Waals surface area contributed by atoms with E-state index < -0.39 is 5.82 Å². The maximum Gasteiger partial charge on any atom is 0.248 e. The molecule has 0 aliphatic carbocycles. The normalized spacial score (nSPS) is 10.8. The van der Waals surface area contributed by atoms with Crippen molar-refractivity contribution in [2.45, 2.75) is 13.1 Å². The van der Waals surface area contributed by atoms with Crippen LogP contribution in [-0.2, 0) is 13.1 Å². The van der Waals surface area contributed by atoms with Crippen LogP contribution in [0.3, 0.4) is 0 Å². The van der Waals surface area contributed by atoms with Crippen LogP contribution < -0.4 is 15.2 Å². The number of aromatic nitrogens is 3. The number of nitrogens with zero attached hydrogens (tertiary/aromatic N) is 3. The molecule has 0 saturated heterocycles. The molecule has 4 rings (SSSR count). The number of aromatic amines is 1. The number of H-pyrrole nitrogens is 1. The number of hydrogen-bond donors (Lipinski definition) is 1. The van der Waals surface area contributed by atoms with Gasteiger partial charge in [0.25, 0.3) is 0 Å². The van der Waals surface area contributed by atoms with Crippen molar-refractivity contribution in [2.75, 3.05) is 12.0 Å². The van der Waals surface area contributed by atoms with E-state index in [1.54, 1.807) is 37.8 Å². The molecule has 0 fully saturated rings. The van der Waals surface area contributed by atoms with Gasteiger partial charge in [-0.15, -0.1) is 0 Å². The molecule has 2 aromatic carbocycles. The predicted molar refractivity (Wildman–Crippen MR) is 109 cm³/mol. The summed E-state index contributed by atoms with van der Waals surface area (Å²) >= 11 is 0. The molecule has 0 radical (unpaired) electrons. The summed E-state index contributed by atoms with van der Waals surface area (Å²) in [6.07, 6.45) is 4.87. The molecule has 0 amide bonds. The van der Waals surface area contributed by atoms with Gasteiger partial charge < -0.3 is 14.6 Å². The number of anilines is 1. The highest BCUT2D eigenvalue weighted by Gasteiger charge is 2.16. The number of fused-ring (bicyclic) bond motifs is 1. The highest BCUT2D eigenvalue weighted by Crippen LogP contribution is 2.25. The van der Waals surface area contributed by atoms with Crippen LogP contribution in [0.15, 0.2) is 71.9 Å². The van der Waals surface area contributed by atoms with E-state index in [2.05, 4.69) is 15.0 Å². The first-order chi connectivity index (χ1) is 14.2. The SMILES string of the molecule is COc1ccccc1CN(Cc1cc(=O)[nH]c2c(F)cccc12)c1cnccn1. The zero-order chi connectivity index (χ0) is 20.2. The molecule has 0 unspecified atom stereocenters. The summed E-state index contributed by atoms with van der Waals surface area (Å²) in [5.74, 6) is 0.934. The van der Waals surface area contributed by atoms with Gasteiger partial charge in [-0.25, -0.2) is 9.37 Å². The highest BCUT2D eigenvalue weighted by molar-refractivity contribution is 5.82. The smallest absolute Gasteiger partial charge is 0.248 e. The molecule has 146 valence electrons. The molecule has 0 bridgehead atoms. The van der Waals surface area contributed by atoms with Crippen molar-refractivity contribution in [3.05, 3.63) is 94.4 Å². The Morgan fingerprint density at radius 2 is 1.90 bits per heavy atom. The Morgan fingerprint density at radius 3 is 2.69 bits per heavy atom. The number of nitrogens with one attached hydrogen (secondary N) is 1. The quantitative estimate of drug-likeness (QED) is 0.544. The van der Waals surface area contributed by atoms with Crippen molar-refractivity contribution in [1.29, 1.82) is 0 Å². The highest BCUT2D eigenvalue weighted by atomic mass is 19.1. The van der Waals surface area contributed by atoms with E-state index in [0.29, 0.717) is 29.9 Å². The molecule has 4 aromatic rings. The average molecular weight is 390 g/mol. The third-order valence-corrected chi connectivity index (χ3v) is 4.70. The Balaban J connectivity index is 1.78. The number of pyridine rings is 1. The molecule has 1 N–H and O–H groups in total. The molecule has 0 aliphatic rings. The molecule has 0 aliphatic heterocycles. The second-order valence-electron chi connectivity index (χ2n) is 6.55. The summed E-state index contributed by atoms with van der Waals surface area (Å²) in [5, 5.41) is 0.651. The van der Waals surface area contributed by atoms with Gasteiger partial charge in [0, 0.05) is 42.5 Å². The molecule has 2 aromatic heterocycles. The van der Waals surface area contributed by atoms with Crippen LogP contribution in [0.4, 0.5) is 10.2 Å². The Kier molecular flexibility index (Phi) is 5.20. The van der Waals surface area contributed by atoms with Crippen molar-refractivity contribution in [3.8, 4) is 5.75 Å². The topological polar surface area (TPSA) is 71.1 Å². The van der Waals surface area contributed by atoms with Crippen molar-refractivity contribution in [1.82, 2.24) is 15.0 Å². The number of halogens is 1. The predicted octanol–water partition coefficient (Wildman–Crippen LogP) is 3.67. The Morgan fingerprint density at radius 1 is 1.07 bits per heavy atom. The van der Waals surface area contributed by atoms with Crippen LogP contribution >= 0.6 is 0 Å². The number of methoxy groups -OCH3 is 1. The molecule has 0 spiro atoms. The summed E-state index contributed by atoms with van der Waals surface area (Å²) in [5.41, 5.74) is 1.50. The van der Waals surface area contributed by atoms with Crippen LogP contribution in [0.2, 0.25) is 0 Å². The molecular formula is C22H19FN4O2. The fraction of sp³-hybridized carbons (Fsp3) is 0.136. The van der Waals surface area contributed by atoms with Crippen LogP contribution in [0, 0.1) is 5.82 Å². The van der Waals surface area contributed by atoms with E-state index in [1.807, 2.05) is 29.2 Å². The fourth-order valence-electron chi connectivity index (χ4n) is 3.36. The van der Waals surface area contributed by atoms with Gasteiger partial charge >= 0.3 is 0 Å². The van der Waals surface area contributed by atoms with Crippen molar-refractivity contribution in [2.24, 2.45) is 0 Å². The van der Waals surface area contributed by atoms with Crippen molar-refractivity contribution in [3.63, 3.8) is 0 Å². The maximum atomic E-state index is 14.2. The van der Waals surface area contributed by atoms with Crippen LogP contribution in [0.25, 0.3) is 10.9 Å².